The van der Waals surface area contributed by atoms with Gasteiger partial charge in [-0.3, -0.25) is 4.79 Å². The molecule has 2 N–H and O–H groups in total. The molecule has 0 atom stereocenters. The molecule has 1 aromatic carbocycles. The van der Waals surface area contributed by atoms with Crippen molar-refractivity contribution < 1.29 is 19.1 Å². The number of rotatable bonds is 4. The topological polar surface area (TPSA) is 105 Å². The van der Waals surface area contributed by atoms with Crippen LogP contribution in [-0.2, 0) is 0 Å². The van der Waals surface area contributed by atoms with E-state index in [4.69, 9.17) is 9.52 Å². The van der Waals surface area contributed by atoms with Gasteiger partial charge in [0.05, 0.1) is 11.8 Å². The van der Waals surface area contributed by atoms with Gasteiger partial charge in [0.25, 0.3) is 5.91 Å². The number of carbonyl (C=O) groups is 2. The van der Waals surface area contributed by atoms with Crippen LogP contribution in [0.5, 0.6) is 0 Å². The lowest BCUT2D eigenvalue weighted by molar-refractivity contribution is 0.0690. The van der Waals surface area contributed by atoms with E-state index < -0.39 is 5.97 Å². The lowest BCUT2D eigenvalue weighted by Gasteiger charge is -2.09. The average Bonchev–Trinajstić information content (AvgIpc) is 3.11. The predicted octanol–water partition coefficient (Wildman–Crippen LogP) is 3.00. The van der Waals surface area contributed by atoms with Gasteiger partial charge in [-0.2, -0.15) is 0 Å². The van der Waals surface area contributed by atoms with Crippen molar-refractivity contribution in [3.05, 3.63) is 65.8 Å². The van der Waals surface area contributed by atoms with Gasteiger partial charge in [-0.15, -0.1) is 0 Å². The molecule has 0 aliphatic carbocycles. The molecular weight excluding hydrogens is 310 g/mol. The largest absolute Gasteiger partial charge is 0.477 e. The monoisotopic (exact) mass is 323 g/mol. The van der Waals surface area contributed by atoms with Crippen LogP contribution in [0.15, 0.2) is 53.4 Å². The smallest absolute Gasteiger partial charge is 0.354 e. The Bertz CT molecular complexity index is 887. The van der Waals surface area contributed by atoms with E-state index in [9.17, 15) is 9.59 Å². The van der Waals surface area contributed by atoms with E-state index in [-0.39, 0.29) is 17.2 Å². The van der Waals surface area contributed by atoms with Gasteiger partial charge in [0.2, 0.25) is 5.89 Å². The summed E-state index contributed by atoms with van der Waals surface area (Å²) in [5, 5.41) is 11.6. The van der Waals surface area contributed by atoms with Crippen molar-refractivity contribution in [1.82, 2.24) is 9.97 Å². The standard InChI is InChI=1S/C17H13N3O4/c1-10-2-3-11(16-18-6-7-24-16)8-14(10)20-15(21)12-4-5-13(17(22)23)19-9-12/h2-9H,1H3,(H,20,21)(H,22,23). The second kappa shape index (κ2) is 6.33. The van der Waals surface area contributed by atoms with Gasteiger partial charge < -0.3 is 14.8 Å². The number of nitrogens with zero attached hydrogens (tertiary/aromatic N) is 2. The summed E-state index contributed by atoms with van der Waals surface area (Å²) in [6.07, 6.45) is 4.25. The number of hydrogen-bond donors (Lipinski definition) is 2. The maximum Gasteiger partial charge on any atom is 0.354 e. The van der Waals surface area contributed by atoms with Crippen LogP contribution in [0.4, 0.5) is 5.69 Å². The molecule has 2 aromatic heterocycles. The average molecular weight is 323 g/mol. The number of aromatic carboxylic acids is 1. The first kappa shape index (κ1) is 15.4. The fourth-order valence-corrected chi connectivity index (χ4v) is 2.10. The van der Waals surface area contributed by atoms with Gasteiger partial charge in [0.15, 0.2) is 0 Å². The number of carboxylic acids is 1. The molecule has 0 radical (unpaired) electrons. The number of nitrogens with one attached hydrogen (secondary N) is 1. The number of pyridine rings is 1. The molecular formula is C17H13N3O4. The summed E-state index contributed by atoms with van der Waals surface area (Å²) in [7, 11) is 0. The highest BCUT2D eigenvalue weighted by Gasteiger charge is 2.12. The van der Waals surface area contributed by atoms with Crippen molar-refractivity contribution >= 4 is 17.6 Å². The molecule has 0 fully saturated rings. The van der Waals surface area contributed by atoms with E-state index in [0.717, 1.165) is 11.1 Å². The minimum atomic E-state index is -1.14. The summed E-state index contributed by atoms with van der Waals surface area (Å²) < 4.78 is 5.25. The first-order valence-corrected chi connectivity index (χ1v) is 7.06. The number of carboxylic acid groups (broad SMARTS) is 1. The van der Waals surface area contributed by atoms with Crippen molar-refractivity contribution in [2.24, 2.45) is 0 Å². The van der Waals surface area contributed by atoms with Crippen molar-refractivity contribution in [3.63, 3.8) is 0 Å². The summed E-state index contributed by atoms with van der Waals surface area (Å²) in [5.41, 5.74) is 2.36. The van der Waals surface area contributed by atoms with Crippen LogP contribution < -0.4 is 5.32 Å². The molecule has 24 heavy (non-hydrogen) atoms. The predicted molar refractivity (Wildman–Crippen MR) is 85.8 cm³/mol. The SMILES string of the molecule is Cc1ccc(-c2ncco2)cc1NC(=O)c1ccc(C(=O)O)nc1. The van der Waals surface area contributed by atoms with Crippen LogP contribution >= 0.6 is 0 Å². The van der Waals surface area contributed by atoms with Crippen LogP contribution in [0.2, 0.25) is 0 Å². The summed E-state index contributed by atoms with van der Waals surface area (Å²) >= 11 is 0. The van der Waals surface area contributed by atoms with Gasteiger partial charge in [0.1, 0.15) is 12.0 Å². The highest BCUT2D eigenvalue weighted by Crippen LogP contribution is 2.24. The van der Waals surface area contributed by atoms with Gasteiger partial charge in [-0.05, 0) is 36.8 Å². The number of benzene rings is 1. The van der Waals surface area contributed by atoms with Crippen LogP contribution in [0.25, 0.3) is 11.5 Å². The number of oxazole rings is 1. The molecule has 0 aliphatic heterocycles. The van der Waals surface area contributed by atoms with E-state index >= 15 is 0 Å². The van der Waals surface area contributed by atoms with Crippen molar-refractivity contribution in [1.29, 1.82) is 0 Å². The fraction of sp³-hybridized carbons (Fsp3) is 0.0588. The Hall–Kier alpha value is -3.48. The van der Waals surface area contributed by atoms with E-state index in [2.05, 4.69) is 15.3 Å². The van der Waals surface area contributed by atoms with E-state index in [0.29, 0.717) is 11.6 Å². The molecule has 0 saturated heterocycles. The third-order valence-electron chi connectivity index (χ3n) is 3.41. The zero-order valence-electron chi connectivity index (χ0n) is 12.7. The second-order valence-corrected chi connectivity index (χ2v) is 5.06. The quantitative estimate of drug-likeness (QED) is 0.764. The molecule has 3 rings (SSSR count). The van der Waals surface area contributed by atoms with Gasteiger partial charge >= 0.3 is 5.97 Å². The number of hydrogen-bond acceptors (Lipinski definition) is 5. The maximum absolute atomic E-state index is 12.3. The van der Waals surface area contributed by atoms with Gasteiger partial charge in [-0.1, -0.05) is 6.07 Å². The Morgan fingerprint density at radius 3 is 2.62 bits per heavy atom. The van der Waals surface area contributed by atoms with Crippen molar-refractivity contribution in [2.75, 3.05) is 5.32 Å². The Kier molecular flexibility index (Phi) is 4.07. The molecule has 120 valence electrons. The molecule has 3 aromatic rings. The lowest BCUT2D eigenvalue weighted by Crippen LogP contribution is -2.14. The number of amides is 1. The van der Waals surface area contributed by atoms with E-state index in [1.807, 2.05) is 19.1 Å². The molecule has 0 saturated carbocycles. The Morgan fingerprint density at radius 2 is 2.00 bits per heavy atom. The molecule has 7 nitrogen and oxygen atoms in total. The maximum atomic E-state index is 12.3. The van der Waals surface area contributed by atoms with Crippen LogP contribution in [0.1, 0.15) is 26.4 Å². The fourth-order valence-electron chi connectivity index (χ4n) is 2.10. The third kappa shape index (κ3) is 3.14. The molecule has 2 heterocycles. The normalized spacial score (nSPS) is 10.4. The Labute approximate surface area is 137 Å². The van der Waals surface area contributed by atoms with Crippen LogP contribution in [0.3, 0.4) is 0 Å². The van der Waals surface area contributed by atoms with Crippen LogP contribution in [0, 0.1) is 6.92 Å². The van der Waals surface area contributed by atoms with Crippen molar-refractivity contribution in [2.45, 2.75) is 6.92 Å². The molecule has 7 heteroatoms. The first-order valence-electron chi connectivity index (χ1n) is 7.06. The van der Waals surface area contributed by atoms with Gasteiger partial charge in [0, 0.05) is 17.4 Å². The third-order valence-corrected chi connectivity index (χ3v) is 3.41. The van der Waals surface area contributed by atoms with Gasteiger partial charge in [-0.25, -0.2) is 14.8 Å². The minimum absolute atomic E-state index is 0.117. The number of carbonyl (C=O) groups excluding carboxylic acids is 1. The molecule has 0 spiro atoms. The summed E-state index contributed by atoms with van der Waals surface area (Å²) in [6.45, 7) is 1.86. The number of anilines is 1. The summed E-state index contributed by atoms with van der Waals surface area (Å²) in [6, 6.07) is 8.16. The molecule has 1 amide bonds. The second-order valence-electron chi connectivity index (χ2n) is 5.06. The Morgan fingerprint density at radius 1 is 1.17 bits per heavy atom. The number of aryl methyl sites for hydroxylation is 1. The highest BCUT2D eigenvalue weighted by atomic mass is 16.4. The first-order chi connectivity index (χ1) is 11.5. The van der Waals surface area contributed by atoms with E-state index in [1.165, 1.54) is 24.6 Å². The minimum Gasteiger partial charge on any atom is -0.477 e. The number of aromatic nitrogens is 2. The highest BCUT2D eigenvalue weighted by molar-refractivity contribution is 6.05. The molecule has 0 unspecified atom stereocenters. The van der Waals surface area contributed by atoms with Crippen LogP contribution in [-0.4, -0.2) is 27.0 Å². The zero-order chi connectivity index (χ0) is 17.1. The summed E-state index contributed by atoms with van der Waals surface area (Å²) in [4.78, 5) is 30.9. The molecule has 0 aliphatic rings. The summed E-state index contributed by atoms with van der Waals surface area (Å²) in [5.74, 6) is -1.07. The Balaban J connectivity index is 1.83. The van der Waals surface area contributed by atoms with E-state index in [1.54, 1.807) is 12.3 Å². The van der Waals surface area contributed by atoms with Crippen molar-refractivity contribution in [3.8, 4) is 11.5 Å². The molecule has 0 bridgehead atoms. The zero-order valence-corrected chi connectivity index (χ0v) is 12.7. The lowest BCUT2D eigenvalue weighted by atomic mass is 10.1.